The molecule has 1 fully saturated rings. The van der Waals surface area contributed by atoms with Crippen molar-refractivity contribution >= 4 is 45.6 Å². The van der Waals surface area contributed by atoms with Crippen LogP contribution in [0.5, 0.6) is 0 Å². The van der Waals surface area contributed by atoms with Crippen LogP contribution in [0.15, 0.2) is 17.0 Å². The van der Waals surface area contributed by atoms with E-state index in [0.717, 1.165) is 0 Å². The van der Waals surface area contributed by atoms with Gasteiger partial charge in [0.1, 0.15) is 0 Å². The zero-order chi connectivity index (χ0) is 13.3. The average Bonchev–Trinajstić information content (AvgIpc) is 2.36. The van der Waals surface area contributed by atoms with Gasteiger partial charge < -0.3 is 5.32 Å². The molecule has 1 aromatic rings. The summed E-state index contributed by atoms with van der Waals surface area (Å²) in [6.45, 7) is 4.00. The number of hydrogen-bond donors (Lipinski definition) is 1. The van der Waals surface area contributed by atoms with Gasteiger partial charge in [-0.3, -0.25) is 0 Å². The summed E-state index contributed by atoms with van der Waals surface area (Å²) in [7, 11) is -3.50. The smallest absolute Gasteiger partial charge is 0.243 e. The summed E-state index contributed by atoms with van der Waals surface area (Å²) in [5, 5.41) is 3.85. The minimum absolute atomic E-state index is 0. The zero-order valence-electron chi connectivity index (χ0n) is 10.3. The van der Waals surface area contributed by atoms with Crippen molar-refractivity contribution in [2.24, 2.45) is 0 Å². The minimum atomic E-state index is -3.50. The standard InChI is InChI=1S/C11H14Cl2N2O2S.ClH/c1-8-10(12)6-9(7-11(8)13)18(16,17)15-4-2-14-3-5-15;/h6-7,14H,2-5H2,1H3;1H. The summed E-state index contributed by atoms with van der Waals surface area (Å²) < 4.78 is 26.2. The minimum Gasteiger partial charge on any atom is -0.314 e. The summed E-state index contributed by atoms with van der Waals surface area (Å²) >= 11 is 12.0. The molecule has 0 radical (unpaired) electrons. The Morgan fingerprint density at radius 2 is 1.63 bits per heavy atom. The van der Waals surface area contributed by atoms with E-state index >= 15 is 0 Å². The summed E-state index contributed by atoms with van der Waals surface area (Å²) in [6, 6.07) is 2.92. The van der Waals surface area contributed by atoms with Crippen LogP contribution in [0.25, 0.3) is 0 Å². The molecule has 1 N–H and O–H groups in total. The maximum Gasteiger partial charge on any atom is 0.243 e. The fourth-order valence-corrected chi connectivity index (χ4v) is 3.92. The molecule has 19 heavy (non-hydrogen) atoms. The third-order valence-electron chi connectivity index (χ3n) is 2.97. The van der Waals surface area contributed by atoms with Gasteiger partial charge in [-0.05, 0) is 24.6 Å². The second-order valence-corrected chi connectivity index (χ2v) is 6.92. The summed E-state index contributed by atoms with van der Waals surface area (Å²) in [5.41, 5.74) is 0.692. The van der Waals surface area contributed by atoms with Gasteiger partial charge in [-0.1, -0.05) is 23.2 Å². The molecule has 0 amide bonds. The van der Waals surface area contributed by atoms with Crippen LogP contribution < -0.4 is 5.32 Å². The molecule has 4 nitrogen and oxygen atoms in total. The molecule has 2 rings (SSSR count). The molecule has 1 aliphatic rings. The summed E-state index contributed by atoms with van der Waals surface area (Å²) in [5.74, 6) is 0. The number of sulfonamides is 1. The molecular weight excluding hydrogens is 331 g/mol. The van der Waals surface area contributed by atoms with Crippen molar-refractivity contribution in [1.29, 1.82) is 0 Å². The highest BCUT2D eigenvalue weighted by Gasteiger charge is 2.26. The molecule has 0 bridgehead atoms. The molecule has 0 atom stereocenters. The predicted molar refractivity (Wildman–Crippen MR) is 80.1 cm³/mol. The Kier molecular flexibility index (Phi) is 5.92. The molecule has 8 heteroatoms. The second-order valence-electron chi connectivity index (χ2n) is 4.17. The fraction of sp³-hybridized carbons (Fsp3) is 0.455. The Morgan fingerprint density at radius 3 is 2.11 bits per heavy atom. The Hall–Kier alpha value is -0.0400. The van der Waals surface area contributed by atoms with Gasteiger partial charge in [0, 0.05) is 36.2 Å². The third kappa shape index (κ3) is 3.54. The summed E-state index contributed by atoms with van der Waals surface area (Å²) in [4.78, 5) is 0.157. The maximum absolute atomic E-state index is 12.4. The lowest BCUT2D eigenvalue weighted by atomic mass is 10.2. The van der Waals surface area contributed by atoms with Gasteiger partial charge in [-0.2, -0.15) is 4.31 Å². The topological polar surface area (TPSA) is 49.4 Å². The number of halogens is 3. The highest BCUT2D eigenvalue weighted by Crippen LogP contribution is 2.29. The molecule has 1 heterocycles. The van der Waals surface area contributed by atoms with Crippen LogP contribution in [0.2, 0.25) is 10.0 Å². The van der Waals surface area contributed by atoms with Crippen molar-refractivity contribution in [3.63, 3.8) is 0 Å². The lowest BCUT2D eigenvalue weighted by Crippen LogP contribution is -2.46. The zero-order valence-corrected chi connectivity index (χ0v) is 13.5. The van der Waals surface area contributed by atoms with Gasteiger partial charge in [0.25, 0.3) is 0 Å². The number of benzene rings is 1. The molecule has 1 aromatic carbocycles. The van der Waals surface area contributed by atoms with Crippen LogP contribution in [0.3, 0.4) is 0 Å². The largest absolute Gasteiger partial charge is 0.314 e. The van der Waals surface area contributed by atoms with Crippen molar-refractivity contribution in [2.45, 2.75) is 11.8 Å². The molecule has 0 aliphatic carbocycles. The fourth-order valence-electron chi connectivity index (χ4n) is 1.80. The molecule has 0 spiro atoms. The molecule has 0 aromatic heterocycles. The number of nitrogens with one attached hydrogen (secondary N) is 1. The molecule has 1 aliphatic heterocycles. The van der Waals surface area contributed by atoms with Gasteiger partial charge in [0.05, 0.1) is 4.90 Å². The van der Waals surface area contributed by atoms with E-state index < -0.39 is 10.0 Å². The van der Waals surface area contributed by atoms with Crippen molar-refractivity contribution in [3.8, 4) is 0 Å². The van der Waals surface area contributed by atoms with Gasteiger partial charge in [-0.15, -0.1) is 12.4 Å². The van der Waals surface area contributed by atoms with E-state index in [1.54, 1.807) is 6.92 Å². The van der Waals surface area contributed by atoms with E-state index in [1.165, 1.54) is 16.4 Å². The quantitative estimate of drug-likeness (QED) is 0.895. The van der Waals surface area contributed by atoms with Crippen molar-refractivity contribution in [3.05, 3.63) is 27.7 Å². The van der Waals surface area contributed by atoms with E-state index in [-0.39, 0.29) is 17.3 Å². The normalized spacial score (nSPS) is 17.0. The van der Waals surface area contributed by atoms with E-state index in [2.05, 4.69) is 5.32 Å². The first-order chi connectivity index (χ1) is 8.43. The van der Waals surface area contributed by atoms with E-state index in [9.17, 15) is 8.42 Å². The predicted octanol–water partition coefficient (Wildman–Crippen LogP) is 2.32. The lowest BCUT2D eigenvalue weighted by molar-refractivity contribution is 0.360. The maximum atomic E-state index is 12.4. The van der Waals surface area contributed by atoms with Gasteiger partial charge in [0.2, 0.25) is 10.0 Å². The highest BCUT2D eigenvalue weighted by molar-refractivity contribution is 7.89. The monoisotopic (exact) mass is 344 g/mol. The van der Waals surface area contributed by atoms with Gasteiger partial charge in [-0.25, -0.2) is 8.42 Å². The van der Waals surface area contributed by atoms with Crippen molar-refractivity contribution in [1.82, 2.24) is 9.62 Å². The third-order valence-corrected chi connectivity index (χ3v) is 5.63. The van der Waals surface area contributed by atoms with Crippen LogP contribution in [-0.2, 0) is 10.0 Å². The Morgan fingerprint density at radius 1 is 1.16 bits per heavy atom. The number of nitrogens with zero attached hydrogens (tertiary/aromatic N) is 1. The van der Waals surface area contributed by atoms with E-state index in [0.29, 0.717) is 41.8 Å². The van der Waals surface area contributed by atoms with E-state index in [1.807, 2.05) is 0 Å². The SMILES string of the molecule is Cc1c(Cl)cc(S(=O)(=O)N2CCNCC2)cc1Cl.Cl. The first kappa shape index (κ1) is 17.0. The van der Waals surface area contributed by atoms with Crippen LogP contribution >= 0.6 is 35.6 Å². The number of piperazine rings is 1. The molecular formula is C11H15Cl3N2O2S. The Labute approximate surface area is 129 Å². The van der Waals surface area contributed by atoms with Crippen LogP contribution in [0.4, 0.5) is 0 Å². The molecule has 108 valence electrons. The first-order valence-corrected chi connectivity index (χ1v) is 7.79. The Bertz CT molecular complexity index is 534. The first-order valence-electron chi connectivity index (χ1n) is 5.59. The summed E-state index contributed by atoms with van der Waals surface area (Å²) in [6.07, 6.45) is 0. The average molecular weight is 346 g/mol. The lowest BCUT2D eigenvalue weighted by Gasteiger charge is -2.26. The van der Waals surface area contributed by atoms with Crippen LogP contribution in [0, 0.1) is 6.92 Å². The van der Waals surface area contributed by atoms with Crippen molar-refractivity contribution in [2.75, 3.05) is 26.2 Å². The van der Waals surface area contributed by atoms with Crippen LogP contribution in [0.1, 0.15) is 5.56 Å². The van der Waals surface area contributed by atoms with Crippen molar-refractivity contribution < 1.29 is 8.42 Å². The molecule has 0 saturated carbocycles. The van der Waals surface area contributed by atoms with Gasteiger partial charge >= 0.3 is 0 Å². The molecule has 1 saturated heterocycles. The number of hydrogen-bond acceptors (Lipinski definition) is 3. The van der Waals surface area contributed by atoms with E-state index in [4.69, 9.17) is 23.2 Å². The van der Waals surface area contributed by atoms with Gasteiger partial charge in [0.15, 0.2) is 0 Å². The Balaban J connectivity index is 0.00000180. The number of rotatable bonds is 2. The molecule has 0 unspecified atom stereocenters. The van der Waals surface area contributed by atoms with Crippen LogP contribution in [-0.4, -0.2) is 38.9 Å². The highest BCUT2D eigenvalue weighted by atomic mass is 35.5. The second kappa shape index (κ2) is 6.61.